The Morgan fingerprint density at radius 3 is 2.41 bits per heavy atom. The van der Waals surface area contributed by atoms with E-state index in [2.05, 4.69) is 9.97 Å². The van der Waals surface area contributed by atoms with Gasteiger partial charge in [0.05, 0.1) is 29.6 Å². The first-order chi connectivity index (χ1) is 15.3. The topological polar surface area (TPSA) is 177 Å². The summed E-state index contributed by atoms with van der Waals surface area (Å²) in [4.78, 5) is 18.9. The first kappa shape index (κ1) is 20.9. The molecule has 0 saturated heterocycles. The van der Waals surface area contributed by atoms with Crippen molar-refractivity contribution in [1.29, 1.82) is 5.41 Å². The molecule has 0 fully saturated rings. The molecule has 0 spiro atoms. The monoisotopic (exact) mass is 432 g/mol. The maximum absolute atomic E-state index is 11.4. The zero-order valence-corrected chi connectivity index (χ0v) is 16.8. The summed E-state index contributed by atoms with van der Waals surface area (Å²) < 4.78 is 0. The number of imidazole rings is 1. The normalized spacial score (nSPS) is 11.0. The number of hydrogen-bond donors (Lipinski definition) is 7. The van der Waals surface area contributed by atoms with Gasteiger partial charge in [-0.15, -0.1) is 0 Å². The van der Waals surface area contributed by atoms with Gasteiger partial charge in [0.15, 0.2) is 0 Å². The highest BCUT2D eigenvalue weighted by Crippen LogP contribution is 2.42. The predicted octanol–water partition coefficient (Wildman–Crippen LogP) is 2.71. The molecule has 0 atom stereocenters. The number of nitrogens with one attached hydrogen (secondary N) is 2. The van der Waals surface area contributed by atoms with Gasteiger partial charge in [0.25, 0.3) is 0 Å². The number of nitrogens with two attached hydrogens (primary N) is 1. The van der Waals surface area contributed by atoms with Crippen molar-refractivity contribution in [2.75, 3.05) is 0 Å². The summed E-state index contributed by atoms with van der Waals surface area (Å²) in [6.45, 7) is -0.266. The van der Waals surface area contributed by atoms with E-state index in [-0.39, 0.29) is 52.9 Å². The lowest BCUT2D eigenvalue weighted by molar-refractivity contribution is -0.136. The fourth-order valence-corrected chi connectivity index (χ4v) is 3.56. The van der Waals surface area contributed by atoms with Gasteiger partial charge in [-0.3, -0.25) is 10.2 Å². The van der Waals surface area contributed by atoms with Crippen LogP contribution in [0.1, 0.15) is 16.7 Å². The summed E-state index contributed by atoms with van der Waals surface area (Å²) in [6, 6.07) is 12.5. The minimum Gasteiger partial charge on any atom is -0.507 e. The van der Waals surface area contributed by atoms with E-state index >= 15 is 0 Å². The lowest BCUT2D eigenvalue weighted by Crippen LogP contribution is -2.10. The summed E-state index contributed by atoms with van der Waals surface area (Å²) in [5.74, 6) is -1.22. The Balaban J connectivity index is 1.94. The summed E-state index contributed by atoms with van der Waals surface area (Å²) in [6.07, 6.45) is -0.310. The number of aromatic nitrogens is 2. The Kier molecular flexibility index (Phi) is 5.25. The molecule has 0 aliphatic heterocycles. The van der Waals surface area contributed by atoms with E-state index in [1.165, 1.54) is 24.3 Å². The van der Waals surface area contributed by atoms with E-state index in [9.17, 15) is 25.2 Å². The van der Waals surface area contributed by atoms with Gasteiger partial charge in [0.2, 0.25) is 0 Å². The molecular weight excluding hydrogens is 412 g/mol. The van der Waals surface area contributed by atoms with Crippen molar-refractivity contribution in [3.05, 3.63) is 65.2 Å². The molecule has 0 unspecified atom stereocenters. The van der Waals surface area contributed by atoms with Crippen molar-refractivity contribution in [1.82, 2.24) is 9.97 Å². The number of aromatic hydroxyl groups is 2. The van der Waals surface area contributed by atoms with Crippen LogP contribution in [-0.2, 0) is 17.8 Å². The molecule has 0 aliphatic carbocycles. The quantitative estimate of drug-likeness (QED) is 0.181. The van der Waals surface area contributed by atoms with Crippen LogP contribution in [0, 0.1) is 5.41 Å². The Bertz CT molecular complexity index is 1380. The average molecular weight is 432 g/mol. The van der Waals surface area contributed by atoms with Gasteiger partial charge in [-0.05, 0) is 53.6 Å². The number of hydrogen-bond acceptors (Lipinski definition) is 6. The zero-order chi connectivity index (χ0) is 23.0. The van der Waals surface area contributed by atoms with E-state index in [1.54, 1.807) is 24.3 Å². The first-order valence-electron chi connectivity index (χ1n) is 9.62. The number of carbonyl (C=O) groups is 1. The maximum atomic E-state index is 11.4. The van der Waals surface area contributed by atoms with Crippen LogP contribution in [0.15, 0.2) is 48.5 Å². The van der Waals surface area contributed by atoms with Crippen molar-refractivity contribution in [2.24, 2.45) is 5.73 Å². The fraction of sp³-hybridized carbons (Fsp3) is 0.0870. The molecule has 0 saturated carbocycles. The molecule has 1 aromatic heterocycles. The van der Waals surface area contributed by atoms with Crippen molar-refractivity contribution in [3.63, 3.8) is 0 Å². The molecule has 0 radical (unpaired) electrons. The van der Waals surface area contributed by atoms with E-state index in [0.29, 0.717) is 27.7 Å². The third kappa shape index (κ3) is 3.84. The highest BCUT2D eigenvalue weighted by molar-refractivity contribution is 5.98. The van der Waals surface area contributed by atoms with Gasteiger partial charge >= 0.3 is 5.97 Å². The lowest BCUT2D eigenvalue weighted by Gasteiger charge is -2.14. The second kappa shape index (κ2) is 8.05. The molecule has 0 amide bonds. The minimum atomic E-state index is -1.06. The number of H-pyrrole nitrogens is 1. The van der Waals surface area contributed by atoms with Crippen molar-refractivity contribution in [2.45, 2.75) is 13.0 Å². The molecule has 4 rings (SSSR count). The van der Waals surface area contributed by atoms with Gasteiger partial charge in [0.1, 0.15) is 23.2 Å². The number of carboxylic acid groups (broad SMARTS) is 1. The SMILES string of the molecule is N=C(N)c1ccc2nc(-c3cc(CC(=O)O)cc(-c4cc(CO)ccc4O)c3O)[nH]c2c1. The number of fused-ring (bicyclic) bond motifs is 1. The Hall–Kier alpha value is -4.37. The lowest BCUT2D eigenvalue weighted by atomic mass is 9.95. The van der Waals surface area contributed by atoms with Crippen molar-refractivity contribution >= 4 is 22.8 Å². The number of benzene rings is 3. The summed E-state index contributed by atoms with van der Waals surface area (Å²) in [5, 5.41) is 47.8. The average Bonchev–Trinajstić information content (AvgIpc) is 3.18. The Morgan fingerprint density at radius 2 is 1.72 bits per heavy atom. The number of nitrogen functional groups attached to an aromatic ring is 1. The van der Waals surface area contributed by atoms with Crippen LogP contribution < -0.4 is 5.73 Å². The Morgan fingerprint density at radius 1 is 1.00 bits per heavy atom. The van der Waals surface area contributed by atoms with Gasteiger partial charge < -0.3 is 31.1 Å². The maximum Gasteiger partial charge on any atom is 0.307 e. The van der Waals surface area contributed by atoms with E-state index < -0.39 is 5.97 Å². The molecular formula is C23H20N4O5. The largest absolute Gasteiger partial charge is 0.507 e. The fourth-order valence-electron chi connectivity index (χ4n) is 3.56. The number of aliphatic carboxylic acids is 1. The molecule has 9 heteroatoms. The second-order valence-electron chi connectivity index (χ2n) is 7.35. The Labute approximate surface area is 181 Å². The van der Waals surface area contributed by atoms with Crippen LogP contribution in [-0.4, -0.2) is 42.2 Å². The molecule has 162 valence electrons. The van der Waals surface area contributed by atoms with Gasteiger partial charge in [-0.25, -0.2) is 4.98 Å². The van der Waals surface area contributed by atoms with Crippen molar-refractivity contribution < 1.29 is 25.2 Å². The summed E-state index contributed by atoms with van der Waals surface area (Å²) in [5.41, 5.74) is 8.81. The standard InChI is InChI=1S/C23H20N4O5/c24-22(25)13-2-3-17-18(9-13)27-23(26-17)16-7-12(8-20(30)31)6-15(21(16)32)14-5-11(10-28)1-4-19(14)29/h1-7,9,28-29,32H,8,10H2,(H3,24,25)(H,26,27)(H,30,31). The smallest absolute Gasteiger partial charge is 0.307 e. The van der Waals surface area contributed by atoms with Crippen LogP contribution >= 0.6 is 0 Å². The third-order valence-electron chi connectivity index (χ3n) is 5.11. The molecule has 9 nitrogen and oxygen atoms in total. The number of nitrogens with zero attached hydrogens (tertiary/aromatic N) is 1. The molecule has 3 aromatic carbocycles. The van der Waals surface area contributed by atoms with Crippen LogP contribution in [0.3, 0.4) is 0 Å². The highest BCUT2D eigenvalue weighted by atomic mass is 16.4. The van der Waals surface area contributed by atoms with E-state index in [0.717, 1.165) is 0 Å². The van der Waals surface area contributed by atoms with Crippen molar-refractivity contribution in [3.8, 4) is 34.0 Å². The zero-order valence-electron chi connectivity index (χ0n) is 16.8. The van der Waals surface area contributed by atoms with Crippen LogP contribution in [0.5, 0.6) is 11.5 Å². The highest BCUT2D eigenvalue weighted by Gasteiger charge is 2.19. The van der Waals surface area contributed by atoms with E-state index in [1.807, 2.05) is 0 Å². The molecule has 32 heavy (non-hydrogen) atoms. The van der Waals surface area contributed by atoms with Gasteiger partial charge in [-0.1, -0.05) is 6.07 Å². The summed E-state index contributed by atoms with van der Waals surface area (Å²) in [7, 11) is 0. The third-order valence-corrected chi connectivity index (χ3v) is 5.11. The molecule has 1 heterocycles. The van der Waals surface area contributed by atoms with E-state index in [4.69, 9.17) is 11.1 Å². The molecule has 8 N–H and O–H groups in total. The number of phenolic OH excluding ortho intramolecular Hbond substituents is 2. The number of carboxylic acids is 1. The minimum absolute atomic E-state index is 0.101. The van der Waals surface area contributed by atoms with Crippen LogP contribution in [0.4, 0.5) is 0 Å². The molecule has 4 aromatic rings. The number of rotatable bonds is 6. The molecule has 0 aliphatic rings. The predicted molar refractivity (Wildman–Crippen MR) is 119 cm³/mol. The number of amidine groups is 1. The molecule has 0 bridgehead atoms. The summed E-state index contributed by atoms with van der Waals surface area (Å²) >= 11 is 0. The second-order valence-corrected chi connectivity index (χ2v) is 7.35. The van der Waals surface area contributed by atoms with Crippen LogP contribution in [0.25, 0.3) is 33.5 Å². The van der Waals surface area contributed by atoms with Gasteiger partial charge in [0, 0.05) is 16.7 Å². The number of aromatic amines is 1. The number of aliphatic hydroxyl groups is 1. The first-order valence-corrected chi connectivity index (χ1v) is 9.62. The van der Waals surface area contributed by atoms with Crippen LogP contribution in [0.2, 0.25) is 0 Å². The number of phenols is 2. The van der Waals surface area contributed by atoms with Gasteiger partial charge in [-0.2, -0.15) is 0 Å². The number of aliphatic hydroxyl groups excluding tert-OH is 1.